The third kappa shape index (κ3) is 3.98. The van der Waals surface area contributed by atoms with Crippen molar-refractivity contribution < 1.29 is 27.8 Å². The predicted molar refractivity (Wildman–Crippen MR) is 69.5 cm³/mol. The minimum atomic E-state index is -1.07. The van der Waals surface area contributed by atoms with Crippen LogP contribution in [0.1, 0.15) is 19.8 Å². The number of halogens is 2. The quantitative estimate of drug-likeness (QED) is 0.864. The molecule has 0 spiro atoms. The first kappa shape index (κ1) is 15.4. The molecule has 2 atom stereocenters. The van der Waals surface area contributed by atoms with Crippen molar-refractivity contribution in [2.75, 3.05) is 11.9 Å². The molecule has 1 N–H and O–H groups in total. The van der Waals surface area contributed by atoms with Gasteiger partial charge < -0.3 is 14.8 Å². The van der Waals surface area contributed by atoms with Crippen LogP contribution in [0, 0.1) is 11.6 Å². The fourth-order valence-electron chi connectivity index (χ4n) is 1.88. The third-order valence-electron chi connectivity index (χ3n) is 3.04. The number of anilines is 1. The van der Waals surface area contributed by atoms with Gasteiger partial charge in [0, 0.05) is 18.4 Å². The molecule has 21 heavy (non-hydrogen) atoms. The highest BCUT2D eigenvalue weighted by molar-refractivity contribution is 5.95. The molecule has 1 aromatic rings. The lowest BCUT2D eigenvalue weighted by Crippen LogP contribution is -2.34. The zero-order chi connectivity index (χ0) is 15.4. The number of hydrogen-bond acceptors (Lipinski definition) is 4. The second-order valence-electron chi connectivity index (χ2n) is 4.70. The second-order valence-corrected chi connectivity index (χ2v) is 4.70. The van der Waals surface area contributed by atoms with Crippen molar-refractivity contribution >= 4 is 17.6 Å². The molecule has 1 aromatic carbocycles. The van der Waals surface area contributed by atoms with E-state index in [-0.39, 0.29) is 5.69 Å². The first-order valence-electron chi connectivity index (χ1n) is 6.55. The average molecular weight is 299 g/mol. The summed E-state index contributed by atoms with van der Waals surface area (Å²) in [6, 6.07) is 2.96. The second kappa shape index (κ2) is 6.62. The van der Waals surface area contributed by atoms with Gasteiger partial charge in [-0.05, 0) is 31.9 Å². The van der Waals surface area contributed by atoms with Crippen LogP contribution in [0.25, 0.3) is 0 Å². The minimum Gasteiger partial charge on any atom is -0.451 e. The number of benzene rings is 1. The van der Waals surface area contributed by atoms with Crippen LogP contribution in [0.4, 0.5) is 14.5 Å². The lowest BCUT2D eigenvalue weighted by molar-refractivity contribution is -0.162. The molecule has 0 unspecified atom stereocenters. The molecule has 0 aromatic heterocycles. The summed E-state index contributed by atoms with van der Waals surface area (Å²) in [5, 5.41) is 2.34. The number of ether oxygens (including phenoxy) is 2. The fraction of sp³-hybridized carbons (Fsp3) is 0.429. The lowest BCUT2D eigenvalue weighted by atomic mass is 10.2. The summed E-state index contributed by atoms with van der Waals surface area (Å²) in [5.41, 5.74) is 0.0823. The largest absolute Gasteiger partial charge is 0.451 e. The standard InChI is InChI=1S/C14H15F2NO4/c1-8(21-14(19)12-3-2-6-20-12)13(18)17-9-4-5-10(15)11(16)7-9/h4-5,7-8,12H,2-3,6H2,1H3,(H,17,18)/t8-,12-/m0/s1. The van der Waals surface area contributed by atoms with Crippen LogP contribution in [-0.4, -0.2) is 30.7 Å². The average Bonchev–Trinajstić information content (AvgIpc) is 2.97. The van der Waals surface area contributed by atoms with Gasteiger partial charge in [0.1, 0.15) is 0 Å². The summed E-state index contributed by atoms with van der Waals surface area (Å²) < 4.78 is 35.9. The Morgan fingerprint density at radius 3 is 2.76 bits per heavy atom. The number of carbonyl (C=O) groups excluding carboxylic acids is 2. The van der Waals surface area contributed by atoms with Crippen molar-refractivity contribution in [3.05, 3.63) is 29.8 Å². The summed E-state index contributed by atoms with van der Waals surface area (Å²) in [7, 11) is 0. The van der Waals surface area contributed by atoms with Gasteiger partial charge >= 0.3 is 5.97 Å². The Morgan fingerprint density at radius 2 is 2.14 bits per heavy atom. The summed E-state index contributed by atoms with van der Waals surface area (Å²) in [6.45, 7) is 1.89. The van der Waals surface area contributed by atoms with Crippen LogP contribution >= 0.6 is 0 Å². The Morgan fingerprint density at radius 1 is 1.38 bits per heavy atom. The molecule has 1 amide bonds. The molecular weight excluding hydrogens is 284 g/mol. The van der Waals surface area contributed by atoms with E-state index in [2.05, 4.69) is 5.32 Å². The molecule has 5 nitrogen and oxygen atoms in total. The van der Waals surface area contributed by atoms with Crippen LogP contribution in [0.2, 0.25) is 0 Å². The number of hydrogen-bond donors (Lipinski definition) is 1. The van der Waals surface area contributed by atoms with Crippen LogP contribution in [-0.2, 0) is 19.1 Å². The third-order valence-corrected chi connectivity index (χ3v) is 3.04. The van der Waals surface area contributed by atoms with E-state index < -0.39 is 35.7 Å². The summed E-state index contributed by atoms with van der Waals surface area (Å²) in [4.78, 5) is 23.5. The molecule has 1 saturated heterocycles. The molecule has 0 aliphatic carbocycles. The molecule has 2 rings (SSSR count). The Kier molecular flexibility index (Phi) is 4.85. The first-order valence-corrected chi connectivity index (χ1v) is 6.55. The Labute approximate surface area is 120 Å². The topological polar surface area (TPSA) is 64.6 Å². The van der Waals surface area contributed by atoms with Crippen molar-refractivity contribution in [3.63, 3.8) is 0 Å². The molecule has 0 radical (unpaired) electrons. The van der Waals surface area contributed by atoms with Crippen LogP contribution in [0.5, 0.6) is 0 Å². The van der Waals surface area contributed by atoms with E-state index in [4.69, 9.17) is 9.47 Å². The smallest absolute Gasteiger partial charge is 0.336 e. The van der Waals surface area contributed by atoms with Gasteiger partial charge in [-0.15, -0.1) is 0 Å². The van der Waals surface area contributed by atoms with Gasteiger partial charge in [0.05, 0.1) is 0 Å². The van der Waals surface area contributed by atoms with Crippen molar-refractivity contribution in [3.8, 4) is 0 Å². The van der Waals surface area contributed by atoms with E-state index in [1.807, 2.05) is 0 Å². The highest BCUT2D eigenvalue weighted by Crippen LogP contribution is 2.16. The number of carbonyl (C=O) groups is 2. The molecule has 0 bridgehead atoms. The molecule has 1 aliphatic rings. The van der Waals surface area contributed by atoms with Crippen molar-refractivity contribution in [2.45, 2.75) is 32.0 Å². The first-order chi connectivity index (χ1) is 9.97. The molecular formula is C14H15F2NO4. The number of amides is 1. The summed E-state index contributed by atoms with van der Waals surface area (Å²) >= 11 is 0. The van der Waals surface area contributed by atoms with Gasteiger partial charge in [-0.25, -0.2) is 13.6 Å². The van der Waals surface area contributed by atoms with Crippen molar-refractivity contribution in [2.24, 2.45) is 0 Å². The zero-order valence-electron chi connectivity index (χ0n) is 11.4. The van der Waals surface area contributed by atoms with Crippen LogP contribution in [0.3, 0.4) is 0 Å². The molecule has 1 heterocycles. The lowest BCUT2D eigenvalue weighted by Gasteiger charge is -2.16. The highest BCUT2D eigenvalue weighted by atomic mass is 19.2. The number of esters is 1. The van der Waals surface area contributed by atoms with Crippen molar-refractivity contribution in [1.29, 1.82) is 0 Å². The summed E-state index contributed by atoms with van der Waals surface area (Å²) in [6.07, 6.45) is -0.357. The van der Waals surface area contributed by atoms with E-state index in [1.54, 1.807) is 0 Å². The molecule has 114 valence electrons. The molecule has 1 fully saturated rings. The number of rotatable bonds is 4. The van der Waals surface area contributed by atoms with Crippen LogP contribution < -0.4 is 5.32 Å². The Balaban J connectivity index is 1.89. The highest BCUT2D eigenvalue weighted by Gasteiger charge is 2.28. The fourth-order valence-corrected chi connectivity index (χ4v) is 1.88. The summed E-state index contributed by atoms with van der Waals surface area (Å²) in [5.74, 6) is -3.31. The molecule has 7 heteroatoms. The van der Waals surface area contributed by atoms with Crippen molar-refractivity contribution in [1.82, 2.24) is 0 Å². The Bertz CT molecular complexity index is 544. The van der Waals surface area contributed by atoms with Gasteiger partial charge in [0.15, 0.2) is 23.8 Å². The van der Waals surface area contributed by atoms with Gasteiger partial charge in [-0.3, -0.25) is 4.79 Å². The van der Waals surface area contributed by atoms with Gasteiger partial charge in [0.2, 0.25) is 0 Å². The normalized spacial score (nSPS) is 19.1. The maximum atomic E-state index is 13.0. The van der Waals surface area contributed by atoms with E-state index in [0.29, 0.717) is 13.0 Å². The van der Waals surface area contributed by atoms with Gasteiger partial charge in [-0.2, -0.15) is 0 Å². The zero-order valence-corrected chi connectivity index (χ0v) is 11.4. The Hall–Kier alpha value is -2.02. The SMILES string of the molecule is C[C@H](OC(=O)[C@@H]1CCCO1)C(=O)Nc1ccc(F)c(F)c1. The van der Waals surface area contributed by atoms with E-state index >= 15 is 0 Å². The number of nitrogens with one attached hydrogen (secondary N) is 1. The molecule has 0 saturated carbocycles. The maximum Gasteiger partial charge on any atom is 0.336 e. The monoisotopic (exact) mass is 299 g/mol. The van der Waals surface area contributed by atoms with E-state index in [1.165, 1.54) is 13.0 Å². The molecule has 1 aliphatic heterocycles. The van der Waals surface area contributed by atoms with E-state index in [0.717, 1.165) is 18.6 Å². The minimum absolute atomic E-state index is 0.0823. The van der Waals surface area contributed by atoms with E-state index in [9.17, 15) is 18.4 Å². The van der Waals surface area contributed by atoms with Gasteiger partial charge in [-0.1, -0.05) is 0 Å². The van der Waals surface area contributed by atoms with Crippen LogP contribution in [0.15, 0.2) is 18.2 Å². The predicted octanol–water partition coefficient (Wildman–Crippen LogP) is 2.01. The maximum absolute atomic E-state index is 13.0. The van der Waals surface area contributed by atoms with Gasteiger partial charge in [0.25, 0.3) is 5.91 Å².